The number of aryl methyl sites for hydroxylation is 1. The minimum atomic E-state index is 0.905. The smallest absolute Gasteiger partial charge is 0.119 e. The van der Waals surface area contributed by atoms with Crippen LogP contribution in [0.1, 0.15) is 12.6 Å². The Balaban J connectivity index is 2.37. The minimum Gasteiger partial charge on any atom is -0.497 e. The molecule has 3 aromatic rings. The van der Waals surface area contributed by atoms with Crippen molar-refractivity contribution in [2.75, 3.05) is 7.11 Å². The van der Waals surface area contributed by atoms with Gasteiger partial charge in [-0.05, 0) is 37.6 Å². The number of hydrogen-bond acceptors (Lipinski definition) is 1. The summed E-state index contributed by atoms with van der Waals surface area (Å²) in [6, 6.07) is 16.9. The van der Waals surface area contributed by atoms with Crippen molar-refractivity contribution in [1.82, 2.24) is 4.57 Å². The molecule has 0 N–H and O–H groups in total. The van der Waals surface area contributed by atoms with E-state index in [1.165, 1.54) is 27.7 Å². The molecule has 0 fully saturated rings. The van der Waals surface area contributed by atoms with E-state index in [2.05, 4.69) is 60.9 Å². The van der Waals surface area contributed by atoms with Gasteiger partial charge in [0.1, 0.15) is 5.75 Å². The minimum absolute atomic E-state index is 0.905. The van der Waals surface area contributed by atoms with Crippen molar-refractivity contribution < 1.29 is 4.74 Å². The Kier molecular flexibility index (Phi) is 3.23. The van der Waals surface area contributed by atoms with Crippen molar-refractivity contribution in [1.29, 1.82) is 0 Å². The topological polar surface area (TPSA) is 14.2 Å². The molecule has 2 heteroatoms. The molecule has 0 aliphatic carbocycles. The lowest BCUT2D eigenvalue weighted by atomic mass is 10.0. The van der Waals surface area contributed by atoms with Crippen LogP contribution in [-0.4, -0.2) is 11.7 Å². The maximum atomic E-state index is 5.39. The zero-order valence-corrected chi connectivity index (χ0v) is 12.2. The molecule has 2 nitrogen and oxygen atoms in total. The van der Waals surface area contributed by atoms with Crippen LogP contribution in [0.4, 0.5) is 0 Å². The summed E-state index contributed by atoms with van der Waals surface area (Å²) in [6.07, 6.45) is 0. The van der Waals surface area contributed by atoms with Gasteiger partial charge in [-0.2, -0.15) is 0 Å². The van der Waals surface area contributed by atoms with Crippen molar-refractivity contribution >= 4 is 10.9 Å². The zero-order chi connectivity index (χ0) is 14.1. The van der Waals surface area contributed by atoms with E-state index in [0.29, 0.717) is 0 Å². The molecule has 0 bridgehead atoms. The van der Waals surface area contributed by atoms with Gasteiger partial charge in [-0.25, -0.2) is 0 Å². The lowest BCUT2D eigenvalue weighted by Crippen LogP contribution is -1.96. The molecule has 0 saturated carbocycles. The molecule has 0 saturated heterocycles. The first kappa shape index (κ1) is 12.8. The van der Waals surface area contributed by atoms with Crippen LogP contribution in [0.2, 0.25) is 0 Å². The highest BCUT2D eigenvalue weighted by molar-refractivity contribution is 5.98. The second-order valence-electron chi connectivity index (χ2n) is 4.95. The van der Waals surface area contributed by atoms with Crippen molar-refractivity contribution in [3.05, 3.63) is 54.2 Å². The molecule has 0 radical (unpaired) electrons. The van der Waals surface area contributed by atoms with Crippen LogP contribution in [0.15, 0.2) is 48.5 Å². The van der Waals surface area contributed by atoms with Gasteiger partial charge >= 0.3 is 0 Å². The fourth-order valence-corrected chi connectivity index (χ4v) is 2.96. The van der Waals surface area contributed by atoms with Gasteiger partial charge in [-0.1, -0.05) is 30.3 Å². The van der Waals surface area contributed by atoms with Crippen molar-refractivity contribution in [3.63, 3.8) is 0 Å². The first-order valence-electron chi connectivity index (χ1n) is 6.98. The lowest BCUT2D eigenvalue weighted by molar-refractivity contribution is 0.415. The first-order valence-corrected chi connectivity index (χ1v) is 6.98. The van der Waals surface area contributed by atoms with Crippen LogP contribution in [0, 0.1) is 6.92 Å². The van der Waals surface area contributed by atoms with E-state index in [0.717, 1.165) is 12.3 Å². The highest BCUT2D eigenvalue weighted by Gasteiger charge is 2.15. The van der Waals surface area contributed by atoms with Gasteiger partial charge in [0.25, 0.3) is 0 Å². The van der Waals surface area contributed by atoms with Gasteiger partial charge in [0.2, 0.25) is 0 Å². The summed E-state index contributed by atoms with van der Waals surface area (Å²) in [5.74, 6) is 0.905. The number of benzene rings is 2. The molecule has 2 aromatic carbocycles. The van der Waals surface area contributed by atoms with Gasteiger partial charge in [0.05, 0.1) is 7.11 Å². The Hall–Kier alpha value is -2.22. The van der Waals surface area contributed by atoms with Gasteiger partial charge in [-0.3, -0.25) is 0 Å². The molecule has 3 rings (SSSR count). The predicted octanol–water partition coefficient (Wildman–Crippen LogP) is 4.65. The summed E-state index contributed by atoms with van der Waals surface area (Å²) in [7, 11) is 1.72. The third-order valence-electron chi connectivity index (χ3n) is 3.91. The summed E-state index contributed by atoms with van der Waals surface area (Å²) in [4.78, 5) is 0. The molecule has 0 unspecified atom stereocenters. The van der Waals surface area contributed by atoms with E-state index in [4.69, 9.17) is 4.74 Å². The number of methoxy groups -OCH3 is 1. The molecule has 20 heavy (non-hydrogen) atoms. The van der Waals surface area contributed by atoms with Crippen LogP contribution >= 0.6 is 0 Å². The van der Waals surface area contributed by atoms with Crippen LogP contribution in [0.5, 0.6) is 5.75 Å². The Bertz CT molecular complexity index is 741. The van der Waals surface area contributed by atoms with E-state index in [1.807, 2.05) is 6.07 Å². The molecule has 0 amide bonds. The normalized spacial score (nSPS) is 10.9. The lowest BCUT2D eigenvalue weighted by Gasteiger charge is -2.05. The molecule has 102 valence electrons. The average molecular weight is 265 g/mol. The molecular weight excluding hydrogens is 246 g/mol. The monoisotopic (exact) mass is 265 g/mol. The summed E-state index contributed by atoms with van der Waals surface area (Å²) >= 11 is 0. The maximum Gasteiger partial charge on any atom is 0.119 e. The van der Waals surface area contributed by atoms with E-state index >= 15 is 0 Å². The van der Waals surface area contributed by atoms with Crippen molar-refractivity contribution in [2.24, 2.45) is 0 Å². The van der Waals surface area contributed by atoms with Crippen molar-refractivity contribution in [3.8, 4) is 16.9 Å². The van der Waals surface area contributed by atoms with Crippen molar-refractivity contribution in [2.45, 2.75) is 20.4 Å². The number of rotatable bonds is 3. The van der Waals surface area contributed by atoms with E-state index in [1.54, 1.807) is 7.11 Å². The maximum absolute atomic E-state index is 5.39. The summed E-state index contributed by atoms with van der Waals surface area (Å²) in [6.45, 7) is 5.35. The summed E-state index contributed by atoms with van der Waals surface area (Å²) < 4.78 is 7.74. The highest BCUT2D eigenvalue weighted by atomic mass is 16.5. The second-order valence-corrected chi connectivity index (χ2v) is 4.95. The SMILES string of the molecule is CCn1c(C)c(-c2ccccc2)c2cc(OC)ccc21. The van der Waals surface area contributed by atoms with Crippen LogP contribution in [-0.2, 0) is 6.54 Å². The third-order valence-corrected chi connectivity index (χ3v) is 3.91. The van der Waals surface area contributed by atoms with Crippen LogP contribution in [0.3, 0.4) is 0 Å². The quantitative estimate of drug-likeness (QED) is 0.672. The zero-order valence-electron chi connectivity index (χ0n) is 12.2. The van der Waals surface area contributed by atoms with E-state index in [-0.39, 0.29) is 0 Å². The molecule has 0 aliphatic heterocycles. The fourth-order valence-electron chi connectivity index (χ4n) is 2.96. The average Bonchev–Trinajstić information content (AvgIpc) is 2.78. The fraction of sp³-hybridized carbons (Fsp3) is 0.222. The van der Waals surface area contributed by atoms with Gasteiger partial charge in [0, 0.05) is 28.7 Å². The molecule has 1 aromatic heterocycles. The molecule has 0 aliphatic rings. The number of aromatic nitrogens is 1. The van der Waals surface area contributed by atoms with E-state index < -0.39 is 0 Å². The van der Waals surface area contributed by atoms with Gasteiger partial charge in [-0.15, -0.1) is 0 Å². The standard InChI is InChI=1S/C18H19NO/c1-4-19-13(2)18(14-8-6-5-7-9-14)16-12-15(20-3)10-11-17(16)19/h5-12H,4H2,1-3H3. The summed E-state index contributed by atoms with van der Waals surface area (Å²) in [5.41, 5.74) is 5.14. The number of fused-ring (bicyclic) bond motifs is 1. The molecule has 1 heterocycles. The van der Waals surface area contributed by atoms with Gasteiger partial charge < -0.3 is 9.30 Å². The molecule has 0 spiro atoms. The Morgan fingerprint density at radius 1 is 1.05 bits per heavy atom. The predicted molar refractivity (Wildman–Crippen MR) is 84.3 cm³/mol. The van der Waals surface area contributed by atoms with Gasteiger partial charge in [0.15, 0.2) is 0 Å². The molecular formula is C18H19NO. The number of ether oxygens (including phenoxy) is 1. The highest BCUT2D eigenvalue weighted by Crippen LogP contribution is 2.36. The first-order chi connectivity index (χ1) is 9.76. The Morgan fingerprint density at radius 2 is 1.80 bits per heavy atom. The van der Waals surface area contributed by atoms with E-state index in [9.17, 15) is 0 Å². The second kappa shape index (κ2) is 5.04. The molecule has 0 atom stereocenters. The summed E-state index contributed by atoms with van der Waals surface area (Å²) in [5, 5.41) is 1.26. The van der Waals surface area contributed by atoms with Crippen LogP contribution < -0.4 is 4.74 Å². The number of hydrogen-bond donors (Lipinski definition) is 0. The Labute approximate surface area is 119 Å². The Morgan fingerprint density at radius 3 is 2.45 bits per heavy atom. The van der Waals surface area contributed by atoms with Crippen LogP contribution in [0.25, 0.3) is 22.0 Å². The number of nitrogens with zero attached hydrogens (tertiary/aromatic N) is 1. The third kappa shape index (κ3) is 1.88. The largest absolute Gasteiger partial charge is 0.497 e.